The summed E-state index contributed by atoms with van der Waals surface area (Å²) in [5.74, 6) is 1.22. The molecule has 0 saturated heterocycles. The van der Waals surface area contributed by atoms with E-state index in [0.717, 1.165) is 11.5 Å². The van der Waals surface area contributed by atoms with Crippen molar-refractivity contribution < 1.29 is 4.79 Å². The van der Waals surface area contributed by atoms with Crippen molar-refractivity contribution in [2.24, 2.45) is 5.92 Å². The van der Waals surface area contributed by atoms with Gasteiger partial charge in [-0.3, -0.25) is 9.69 Å². The van der Waals surface area contributed by atoms with Gasteiger partial charge in [-0.25, -0.2) is 4.98 Å². The first kappa shape index (κ1) is 11.7. The van der Waals surface area contributed by atoms with Crippen LogP contribution in [0.5, 0.6) is 0 Å². The summed E-state index contributed by atoms with van der Waals surface area (Å²) < 4.78 is 0. The highest BCUT2D eigenvalue weighted by Crippen LogP contribution is 2.12. The summed E-state index contributed by atoms with van der Waals surface area (Å²) in [7, 11) is 1.77. The maximum Gasteiger partial charge on any atom is 0.228 e. The van der Waals surface area contributed by atoms with Crippen LogP contribution in [0.2, 0.25) is 0 Å². The second-order valence-electron chi connectivity index (χ2n) is 4.19. The summed E-state index contributed by atoms with van der Waals surface area (Å²) in [6.07, 6.45) is 0.562. The van der Waals surface area contributed by atoms with E-state index in [0.29, 0.717) is 12.3 Å². The minimum absolute atomic E-state index is 0.114. The summed E-state index contributed by atoms with van der Waals surface area (Å²) in [6.45, 7) is 6.00. The number of amides is 1. The number of aromatic nitrogens is 1. The molecule has 15 heavy (non-hydrogen) atoms. The maximum absolute atomic E-state index is 11.8. The Kier molecular flexibility index (Phi) is 3.83. The molecule has 1 rings (SSSR count). The fourth-order valence-corrected chi connectivity index (χ4v) is 1.33. The van der Waals surface area contributed by atoms with Crippen molar-refractivity contribution in [1.29, 1.82) is 0 Å². The highest BCUT2D eigenvalue weighted by molar-refractivity contribution is 5.91. The molecular weight excluding hydrogens is 188 g/mol. The molecule has 0 radical (unpaired) electrons. The minimum Gasteiger partial charge on any atom is -0.300 e. The molecule has 0 aromatic carbocycles. The van der Waals surface area contributed by atoms with Gasteiger partial charge in [-0.05, 0) is 25.0 Å². The molecule has 3 nitrogen and oxygen atoms in total. The first-order valence-corrected chi connectivity index (χ1v) is 5.21. The van der Waals surface area contributed by atoms with Gasteiger partial charge in [-0.2, -0.15) is 0 Å². The van der Waals surface area contributed by atoms with E-state index in [4.69, 9.17) is 0 Å². The van der Waals surface area contributed by atoms with E-state index < -0.39 is 0 Å². The number of carbonyl (C=O) groups excluding carboxylic acids is 1. The average Bonchev–Trinajstić information content (AvgIpc) is 2.15. The molecule has 3 heteroatoms. The smallest absolute Gasteiger partial charge is 0.228 e. The van der Waals surface area contributed by atoms with Gasteiger partial charge in [0.15, 0.2) is 0 Å². The van der Waals surface area contributed by atoms with Gasteiger partial charge in [-0.15, -0.1) is 0 Å². The van der Waals surface area contributed by atoms with Crippen LogP contribution < -0.4 is 4.90 Å². The van der Waals surface area contributed by atoms with E-state index in [9.17, 15) is 4.79 Å². The number of nitrogens with zero attached hydrogens (tertiary/aromatic N) is 2. The van der Waals surface area contributed by atoms with Crippen LogP contribution in [0.1, 0.15) is 26.0 Å². The van der Waals surface area contributed by atoms with Crippen LogP contribution in [0.15, 0.2) is 18.2 Å². The average molecular weight is 206 g/mol. The van der Waals surface area contributed by atoms with E-state index in [2.05, 4.69) is 4.98 Å². The van der Waals surface area contributed by atoms with E-state index in [-0.39, 0.29) is 5.91 Å². The highest BCUT2D eigenvalue weighted by Gasteiger charge is 2.13. The van der Waals surface area contributed by atoms with Gasteiger partial charge in [0.1, 0.15) is 5.82 Å². The SMILES string of the molecule is Cc1cccc(N(C)C(=O)CC(C)C)n1. The monoisotopic (exact) mass is 206 g/mol. The summed E-state index contributed by atoms with van der Waals surface area (Å²) in [6, 6.07) is 5.69. The lowest BCUT2D eigenvalue weighted by atomic mass is 10.1. The summed E-state index contributed by atoms with van der Waals surface area (Å²) in [5.41, 5.74) is 0.927. The normalized spacial score (nSPS) is 10.5. The lowest BCUT2D eigenvalue weighted by Gasteiger charge is -2.17. The fourth-order valence-electron chi connectivity index (χ4n) is 1.33. The Morgan fingerprint density at radius 1 is 1.47 bits per heavy atom. The number of anilines is 1. The summed E-state index contributed by atoms with van der Waals surface area (Å²) in [4.78, 5) is 17.7. The van der Waals surface area contributed by atoms with Crippen molar-refractivity contribution in [3.8, 4) is 0 Å². The van der Waals surface area contributed by atoms with Gasteiger partial charge in [0, 0.05) is 19.2 Å². The van der Waals surface area contributed by atoms with Gasteiger partial charge in [0.2, 0.25) is 5.91 Å². The van der Waals surface area contributed by atoms with Gasteiger partial charge in [-0.1, -0.05) is 19.9 Å². The third-order valence-corrected chi connectivity index (χ3v) is 2.17. The molecule has 0 aliphatic heterocycles. The quantitative estimate of drug-likeness (QED) is 0.760. The summed E-state index contributed by atoms with van der Waals surface area (Å²) >= 11 is 0. The largest absolute Gasteiger partial charge is 0.300 e. The maximum atomic E-state index is 11.8. The molecule has 0 bridgehead atoms. The topological polar surface area (TPSA) is 33.2 Å². The van der Waals surface area contributed by atoms with Crippen molar-refractivity contribution in [2.75, 3.05) is 11.9 Å². The van der Waals surface area contributed by atoms with Crippen molar-refractivity contribution in [2.45, 2.75) is 27.2 Å². The molecular formula is C12H18N2O. The Morgan fingerprint density at radius 3 is 2.67 bits per heavy atom. The van der Waals surface area contributed by atoms with E-state index in [1.807, 2.05) is 39.0 Å². The zero-order valence-electron chi connectivity index (χ0n) is 9.82. The molecule has 1 heterocycles. The number of aryl methyl sites for hydroxylation is 1. The Morgan fingerprint density at radius 2 is 2.13 bits per heavy atom. The minimum atomic E-state index is 0.114. The molecule has 0 saturated carbocycles. The standard InChI is InChI=1S/C12H18N2O/c1-9(2)8-12(15)14(4)11-7-5-6-10(3)13-11/h5-7,9H,8H2,1-4H3. The number of hydrogen-bond donors (Lipinski definition) is 0. The Bertz CT molecular complexity index is 347. The lowest BCUT2D eigenvalue weighted by Crippen LogP contribution is -2.28. The van der Waals surface area contributed by atoms with Crippen LogP contribution in [0.25, 0.3) is 0 Å². The van der Waals surface area contributed by atoms with Gasteiger partial charge in [0.25, 0.3) is 0 Å². The molecule has 0 N–H and O–H groups in total. The predicted molar refractivity (Wildman–Crippen MR) is 61.8 cm³/mol. The van der Waals surface area contributed by atoms with Crippen molar-refractivity contribution in [1.82, 2.24) is 4.98 Å². The first-order valence-electron chi connectivity index (χ1n) is 5.21. The first-order chi connectivity index (χ1) is 7.00. The van der Waals surface area contributed by atoms with Crippen LogP contribution in [0, 0.1) is 12.8 Å². The van der Waals surface area contributed by atoms with Crippen LogP contribution in [-0.4, -0.2) is 17.9 Å². The van der Waals surface area contributed by atoms with Crippen LogP contribution in [0.3, 0.4) is 0 Å². The molecule has 0 aliphatic rings. The number of carbonyl (C=O) groups is 1. The third-order valence-electron chi connectivity index (χ3n) is 2.17. The zero-order chi connectivity index (χ0) is 11.4. The second kappa shape index (κ2) is 4.91. The molecule has 0 aliphatic carbocycles. The molecule has 0 unspecified atom stereocenters. The van der Waals surface area contributed by atoms with Gasteiger partial charge < -0.3 is 0 Å². The van der Waals surface area contributed by atoms with E-state index >= 15 is 0 Å². The van der Waals surface area contributed by atoms with Crippen molar-refractivity contribution >= 4 is 11.7 Å². The third kappa shape index (κ3) is 3.35. The van der Waals surface area contributed by atoms with Crippen LogP contribution in [-0.2, 0) is 4.79 Å². The summed E-state index contributed by atoms with van der Waals surface area (Å²) in [5, 5.41) is 0. The molecule has 1 amide bonds. The van der Waals surface area contributed by atoms with E-state index in [1.165, 1.54) is 0 Å². The Labute approximate surface area is 91.1 Å². The van der Waals surface area contributed by atoms with Gasteiger partial charge >= 0.3 is 0 Å². The Balaban J connectivity index is 2.76. The zero-order valence-corrected chi connectivity index (χ0v) is 9.82. The molecule has 1 aromatic rings. The Hall–Kier alpha value is -1.38. The van der Waals surface area contributed by atoms with E-state index in [1.54, 1.807) is 11.9 Å². The van der Waals surface area contributed by atoms with Crippen LogP contribution in [0.4, 0.5) is 5.82 Å². The highest BCUT2D eigenvalue weighted by atomic mass is 16.2. The van der Waals surface area contributed by atoms with Crippen LogP contribution >= 0.6 is 0 Å². The molecule has 82 valence electrons. The van der Waals surface area contributed by atoms with Crippen molar-refractivity contribution in [3.05, 3.63) is 23.9 Å². The molecule has 0 fully saturated rings. The molecule has 0 atom stereocenters. The molecule has 1 aromatic heterocycles. The molecule has 0 spiro atoms. The second-order valence-corrected chi connectivity index (χ2v) is 4.19. The fraction of sp³-hybridized carbons (Fsp3) is 0.500. The number of hydrogen-bond acceptors (Lipinski definition) is 2. The van der Waals surface area contributed by atoms with Crippen molar-refractivity contribution in [3.63, 3.8) is 0 Å². The predicted octanol–water partition coefficient (Wildman–Crippen LogP) is 2.40. The number of rotatable bonds is 3. The lowest BCUT2D eigenvalue weighted by molar-refractivity contribution is -0.119. The van der Waals surface area contributed by atoms with Gasteiger partial charge in [0.05, 0.1) is 0 Å². The number of pyridine rings is 1.